The number of aliphatic hydroxyl groups excluding tert-OH is 1. The molecule has 534 valence electrons. The SMILES string of the molecule is CCCCCCCCCCC(=O)O[C@H](COC(=O)CCCCCCCCC)COP(=O)(O)OC[C@H](O)COP(=O)(O)OC[C@@H](COC(=O)CCCCCCCCCCCCCCCCC(C)C)OC(=O)CCCCCCCCCCCCCCCCC(C)CC. The molecule has 0 saturated heterocycles. The molecule has 0 spiro atoms. The van der Waals surface area contributed by atoms with E-state index >= 15 is 0 Å². The highest BCUT2D eigenvalue weighted by atomic mass is 31.2. The second kappa shape index (κ2) is 63.1. The predicted octanol–water partition coefficient (Wildman–Crippen LogP) is 20.4. The molecular formula is C71H138O17P2. The molecule has 0 aromatic heterocycles. The van der Waals surface area contributed by atoms with Crippen LogP contribution >= 0.6 is 15.6 Å². The standard InChI is InChI=1S/C71H138O17P2/c1-7-10-12-14-16-36-43-49-55-70(75)87-66(59-81-68(73)53-47-41-33-15-13-11-8-2)61-85-89(77,78)83-57-65(72)58-84-90(79,80)86-62-67(60-82-69(74)54-48-42-37-31-27-23-19-17-21-25-29-34-39-45-51-63(4)5)88-71(76)56-50-44-38-32-28-24-20-18-22-26-30-35-40-46-52-64(6)9-3/h63-67,72H,7-62H2,1-6H3,(H,77,78)(H,79,80)/t64?,65-,66+,67+/m0/s1. The normalized spacial score (nSPS) is 14.4. The van der Waals surface area contributed by atoms with Crippen LogP contribution in [0.4, 0.5) is 0 Å². The summed E-state index contributed by atoms with van der Waals surface area (Å²) in [6.07, 6.45) is 48.7. The quantitative estimate of drug-likeness (QED) is 0.0222. The monoisotopic (exact) mass is 1320 g/mol. The molecule has 3 N–H and O–H groups in total. The Balaban J connectivity index is 5.16. The van der Waals surface area contributed by atoms with Crippen LogP contribution in [0, 0.1) is 11.8 Å². The first kappa shape index (κ1) is 88.1. The van der Waals surface area contributed by atoms with Gasteiger partial charge in [0.05, 0.1) is 26.4 Å². The lowest BCUT2D eigenvalue weighted by Gasteiger charge is -2.21. The smallest absolute Gasteiger partial charge is 0.462 e. The summed E-state index contributed by atoms with van der Waals surface area (Å²) in [5.41, 5.74) is 0. The Morgan fingerprint density at radius 3 is 0.844 bits per heavy atom. The van der Waals surface area contributed by atoms with Crippen molar-refractivity contribution in [2.45, 2.75) is 381 Å². The van der Waals surface area contributed by atoms with Gasteiger partial charge in [-0.2, -0.15) is 0 Å². The van der Waals surface area contributed by atoms with E-state index in [9.17, 15) is 43.2 Å². The van der Waals surface area contributed by atoms with Gasteiger partial charge in [0.1, 0.15) is 19.3 Å². The molecule has 90 heavy (non-hydrogen) atoms. The van der Waals surface area contributed by atoms with Crippen LogP contribution in [0.1, 0.15) is 363 Å². The summed E-state index contributed by atoms with van der Waals surface area (Å²) < 4.78 is 68.1. The number of ether oxygens (including phenoxy) is 4. The Bertz CT molecular complexity index is 1750. The van der Waals surface area contributed by atoms with Gasteiger partial charge in [0.25, 0.3) is 0 Å². The van der Waals surface area contributed by atoms with Crippen molar-refractivity contribution in [2.24, 2.45) is 11.8 Å². The Hall–Kier alpha value is -1.94. The zero-order valence-corrected chi connectivity index (χ0v) is 60.2. The molecule has 0 amide bonds. The van der Waals surface area contributed by atoms with E-state index in [-0.39, 0.29) is 25.7 Å². The van der Waals surface area contributed by atoms with Gasteiger partial charge in [-0.3, -0.25) is 37.3 Å². The molecule has 0 heterocycles. The Labute approximate surface area is 549 Å². The molecule has 0 saturated carbocycles. The molecule has 0 radical (unpaired) electrons. The average Bonchev–Trinajstić information content (AvgIpc) is 2.96. The highest BCUT2D eigenvalue weighted by Crippen LogP contribution is 2.45. The van der Waals surface area contributed by atoms with Crippen LogP contribution < -0.4 is 0 Å². The van der Waals surface area contributed by atoms with E-state index in [0.29, 0.717) is 25.7 Å². The lowest BCUT2D eigenvalue weighted by molar-refractivity contribution is -0.161. The van der Waals surface area contributed by atoms with E-state index in [4.69, 9.17) is 37.0 Å². The van der Waals surface area contributed by atoms with Gasteiger partial charge in [-0.25, -0.2) is 9.13 Å². The summed E-state index contributed by atoms with van der Waals surface area (Å²) in [4.78, 5) is 72.3. The molecule has 0 aliphatic heterocycles. The van der Waals surface area contributed by atoms with Crippen LogP contribution in [0.25, 0.3) is 0 Å². The first-order valence-corrected chi connectivity index (χ1v) is 40.0. The first-order chi connectivity index (χ1) is 43.4. The minimum absolute atomic E-state index is 0.105. The molecule has 0 rings (SSSR count). The van der Waals surface area contributed by atoms with Crippen LogP contribution in [0.2, 0.25) is 0 Å². The summed E-state index contributed by atoms with van der Waals surface area (Å²) in [6, 6.07) is 0. The highest BCUT2D eigenvalue weighted by molar-refractivity contribution is 7.47. The number of unbranched alkanes of at least 4 members (excludes halogenated alkanes) is 39. The van der Waals surface area contributed by atoms with Crippen molar-refractivity contribution in [3.8, 4) is 0 Å². The zero-order chi connectivity index (χ0) is 66.5. The maximum absolute atomic E-state index is 13.0. The van der Waals surface area contributed by atoms with E-state index in [2.05, 4.69) is 41.5 Å². The molecule has 19 heteroatoms. The van der Waals surface area contributed by atoms with Crippen molar-refractivity contribution >= 4 is 39.5 Å². The minimum Gasteiger partial charge on any atom is -0.462 e. The maximum atomic E-state index is 13.0. The number of carbonyl (C=O) groups is 4. The van der Waals surface area contributed by atoms with Gasteiger partial charge >= 0.3 is 39.5 Å². The molecule has 0 aliphatic carbocycles. The molecule has 17 nitrogen and oxygen atoms in total. The van der Waals surface area contributed by atoms with E-state index in [1.807, 2.05) is 0 Å². The van der Waals surface area contributed by atoms with E-state index in [1.54, 1.807) is 0 Å². The minimum atomic E-state index is -4.95. The lowest BCUT2D eigenvalue weighted by Crippen LogP contribution is -2.30. The molecule has 3 unspecified atom stereocenters. The summed E-state index contributed by atoms with van der Waals surface area (Å²) in [5.74, 6) is -0.485. The van der Waals surface area contributed by atoms with Gasteiger partial charge in [-0.05, 0) is 37.5 Å². The molecular weight excluding hydrogens is 1190 g/mol. The summed E-state index contributed by atoms with van der Waals surface area (Å²) >= 11 is 0. The van der Waals surface area contributed by atoms with Crippen LogP contribution in [-0.4, -0.2) is 96.7 Å². The molecule has 0 aromatic rings. The number of rotatable bonds is 70. The van der Waals surface area contributed by atoms with Crippen molar-refractivity contribution in [1.82, 2.24) is 0 Å². The zero-order valence-electron chi connectivity index (χ0n) is 58.4. The van der Waals surface area contributed by atoms with Crippen molar-refractivity contribution < 1.29 is 80.2 Å². The van der Waals surface area contributed by atoms with Crippen LogP contribution in [0.5, 0.6) is 0 Å². The highest BCUT2D eigenvalue weighted by Gasteiger charge is 2.30. The van der Waals surface area contributed by atoms with Gasteiger partial charge in [-0.1, -0.05) is 311 Å². The molecule has 0 aromatic carbocycles. The third kappa shape index (κ3) is 63.5. The molecule has 0 fully saturated rings. The summed E-state index contributed by atoms with van der Waals surface area (Å²) in [7, 11) is -9.89. The fourth-order valence-electron chi connectivity index (χ4n) is 10.7. The lowest BCUT2D eigenvalue weighted by atomic mass is 9.99. The van der Waals surface area contributed by atoms with Gasteiger partial charge in [-0.15, -0.1) is 0 Å². The van der Waals surface area contributed by atoms with Crippen LogP contribution in [0.3, 0.4) is 0 Å². The predicted molar refractivity (Wildman–Crippen MR) is 363 cm³/mol. The number of phosphoric ester groups is 2. The molecule has 0 aliphatic rings. The third-order valence-electron chi connectivity index (χ3n) is 16.8. The van der Waals surface area contributed by atoms with Crippen molar-refractivity contribution in [1.29, 1.82) is 0 Å². The number of hydrogen-bond acceptors (Lipinski definition) is 15. The van der Waals surface area contributed by atoms with Crippen LogP contribution in [0.15, 0.2) is 0 Å². The molecule has 0 bridgehead atoms. The second-order valence-electron chi connectivity index (χ2n) is 26.3. The van der Waals surface area contributed by atoms with Gasteiger partial charge < -0.3 is 33.8 Å². The molecule has 6 atom stereocenters. The largest absolute Gasteiger partial charge is 0.472 e. The number of aliphatic hydroxyl groups is 1. The van der Waals surface area contributed by atoms with Crippen molar-refractivity contribution in [3.63, 3.8) is 0 Å². The van der Waals surface area contributed by atoms with E-state index in [1.165, 1.54) is 161 Å². The summed E-state index contributed by atoms with van der Waals surface area (Å²) in [5, 5.41) is 10.6. The maximum Gasteiger partial charge on any atom is 0.472 e. The average molecular weight is 1330 g/mol. The Morgan fingerprint density at radius 1 is 0.322 bits per heavy atom. The van der Waals surface area contributed by atoms with E-state index < -0.39 is 97.5 Å². The number of hydrogen-bond donors (Lipinski definition) is 3. The fraction of sp³-hybridized carbons (Fsp3) is 0.944. The number of carbonyl (C=O) groups excluding carboxylic acids is 4. The van der Waals surface area contributed by atoms with Gasteiger partial charge in [0.2, 0.25) is 0 Å². The summed E-state index contributed by atoms with van der Waals surface area (Å²) in [6.45, 7) is 9.56. The van der Waals surface area contributed by atoms with Crippen molar-refractivity contribution in [2.75, 3.05) is 39.6 Å². The Kier molecular flexibility index (Phi) is 61.8. The first-order valence-electron chi connectivity index (χ1n) is 37.0. The Morgan fingerprint density at radius 2 is 0.567 bits per heavy atom. The topological polar surface area (TPSA) is 237 Å². The van der Waals surface area contributed by atoms with Gasteiger partial charge in [0.15, 0.2) is 12.2 Å². The van der Waals surface area contributed by atoms with Crippen molar-refractivity contribution in [3.05, 3.63) is 0 Å². The van der Waals surface area contributed by atoms with Crippen LogP contribution in [-0.2, 0) is 65.4 Å². The van der Waals surface area contributed by atoms with Gasteiger partial charge in [0, 0.05) is 25.7 Å². The fourth-order valence-corrected chi connectivity index (χ4v) is 12.3. The number of phosphoric acid groups is 2. The number of esters is 4. The third-order valence-corrected chi connectivity index (χ3v) is 18.7. The second-order valence-corrected chi connectivity index (χ2v) is 29.3. The van der Waals surface area contributed by atoms with E-state index in [0.717, 1.165) is 121 Å².